The molecule has 1 aliphatic heterocycles. The number of unbranched alkanes of at least 4 members (excludes halogenated alkanes) is 2. The lowest BCUT2D eigenvalue weighted by Crippen LogP contribution is -2.49. The Morgan fingerprint density at radius 2 is 1.91 bits per heavy atom. The standard InChI is InChI=1S/C25H30N4O3/c1-3-4-5-16-32-23-17-20(10-11-22(23)31-2)29-15-7-14-28(25(29)30)18-19-8-6-9-21-24(19)27-13-12-26-21/h6,8-13,17H,3-5,7,14-16,18H2,1-2H3. The van der Waals surface area contributed by atoms with Crippen LogP contribution in [-0.4, -0.2) is 47.7 Å². The topological polar surface area (TPSA) is 67.8 Å². The zero-order chi connectivity index (χ0) is 22.3. The highest BCUT2D eigenvalue weighted by Crippen LogP contribution is 2.33. The van der Waals surface area contributed by atoms with Crippen molar-refractivity contribution in [2.24, 2.45) is 0 Å². The number of para-hydroxylation sites is 1. The van der Waals surface area contributed by atoms with Gasteiger partial charge in [-0.3, -0.25) is 14.9 Å². The van der Waals surface area contributed by atoms with Crippen molar-refractivity contribution in [1.82, 2.24) is 14.9 Å². The van der Waals surface area contributed by atoms with E-state index in [1.807, 2.05) is 46.2 Å². The summed E-state index contributed by atoms with van der Waals surface area (Å²) in [6, 6.07) is 11.6. The summed E-state index contributed by atoms with van der Waals surface area (Å²) in [5.41, 5.74) is 3.50. The van der Waals surface area contributed by atoms with Gasteiger partial charge in [0.25, 0.3) is 0 Å². The molecule has 2 heterocycles. The van der Waals surface area contributed by atoms with Crippen LogP contribution in [0.5, 0.6) is 11.5 Å². The highest BCUT2D eigenvalue weighted by molar-refractivity contribution is 5.93. The average Bonchev–Trinajstić information content (AvgIpc) is 2.83. The van der Waals surface area contributed by atoms with Gasteiger partial charge in [0.2, 0.25) is 0 Å². The van der Waals surface area contributed by atoms with E-state index in [-0.39, 0.29) is 6.03 Å². The third-order valence-corrected chi connectivity index (χ3v) is 5.72. The molecule has 7 nitrogen and oxygen atoms in total. The van der Waals surface area contributed by atoms with Crippen molar-refractivity contribution in [2.45, 2.75) is 39.2 Å². The van der Waals surface area contributed by atoms with Gasteiger partial charge in [-0.2, -0.15) is 0 Å². The first-order valence-corrected chi connectivity index (χ1v) is 11.3. The molecule has 0 unspecified atom stereocenters. The first kappa shape index (κ1) is 21.9. The van der Waals surface area contributed by atoms with E-state index in [9.17, 15) is 4.79 Å². The van der Waals surface area contributed by atoms with Crippen LogP contribution >= 0.6 is 0 Å². The van der Waals surface area contributed by atoms with Crippen LogP contribution in [-0.2, 0) is 6.54 Å². The number of amides is 2. The highest BCUT2D eigenvalue weighted by Gasteiger charge is 2.28. The fraction of sp³-hybridized carbons (Fsp3) is 0.400. The Balaban J connectivity index is 1.52. The number of hydrogen-bond donors (Lipinski definition) is 0. The van der Waals surface area contributed by atoms with Crippen molar-refractivity contribution in [2.75, 3.05) is 31.7 Å². The van der Waals surface area contributed by atoms with Crippen LogP contribution < -0.4 is 14.4 Å². The van der Waals surface area contributed by atoms with Crippen molar-refractivity contribution >= 4 is 22.8 Å². The summed E-state index contributed by atoms with van der Waals surface area (Å²) in [5, 5.41) is 0. The summed E-state index contributed by atoms with van der Waals surface area (Å²) >= 11 is 0. The molecule has 168 valence electrons. The number of hydrogen-bond acceptors (Lipinski definition) is 5. The van der Waals surface area contributed by atoms with E-state index < -0.39 is 0 Å². The van der Waals surface area contributed by atoms with E-state index in [4.69, 9.17) is 9.47 Å². The van der Waals surface area contributed by atoms with E-state index in [1.54, 1.807) is 19.5 Å². The van der Waals surface area contributed by atoms with Gasteiger partial charge >= 0.3 is 6.03 Å². The molecule has 0 spiro atoms. The molecule has 0 radical (unpaired) electrons. The first-order chi connectivity index (χ1) is 15.7. The monoisotopic (exact) mass is 434 g/mol. The number of carbonyl (C=O) groups is 1. The molecule has 0 bridgehead atoms. The van der Waals surface area contributed by atoms with Crippen LogP contribution in [0, 0.1) is 0 Å². The van der Waals surface area contributed by atoms with Gasteiger partial charge in [-0.1, -0.05) is 31.9 Å². The van der Waals surface area contributed by atoms with E-state index in [0.29, 0.717) is 37.7 Å². The maximum atomic E-state index is 13.4. The molecule has 1 aliphatic rings. The van der Waals surface area contributed by atoms with Crippen molar-refractivity contribution in [3.8, 4) is 11.5 Å². The molecule has 1 fully saturated rings. The van der Waals surface area contributed by atoms with Crippen LogP contribution in [0.3, 0.4) is 0 Å². The SMILES string of the molecule is CCCCCOc1cc(N2CCCN(Cc3cccc4nccnc34)C2=O)ccc1OC. The second kappa shape index (κ2) is 10.3. The Morgan fingerprint density at radius 1 is 1.03 bits per heavy atom. The van der Waals surface area contributed by atoms with E-state index >= 15 is 0 Å². The fourth-order valence-electron chi connectivity index (χ4n) is 4.03. The normalized spacial score (nSPS) is 14.1. The van der Waals surface area contributed by atoms with Crippen molar-refractivity contribution in [3.63, 3.8) is 0 Å². The molecular weight excluding hydrogens is 404 g/mol. The van der Waals surface area contributed by atoms with Gasteiger partial charge in [0.05, 0.1) is 24.8 Å². The van der Waals surface area contributed by atoms with E-state index in [2.05, 4.69) is 16.9 Å². The van der Waals surface area contributed by atoms with Gasteiger partial charge in [0.1, 0.15) is 0 Å². The van der Waals surface area contributed by atoms with E-state index in [0.717, 1.165) is 48.0 Å². The number of anilines is 1. The minimum Gasteiger partial charge on any atom is -0.493 e. The van der Waals surface area contributed by atoms with Crippen LogP contribution in [0.2, 0.25) is 0 Å². The smallest absolute Gasteiger partial charge is 0.324 e. The van der Waals surface area contributed by atoms with Gasteiger partial charge in [0.15, 0.2) is 11.5 Å². The Bertz CT molecular complexity index is 1070. The number of nitrogens with zero attached hydrogens (tertiary/aromatic N) is 4. The average molecular weight is 435 g/mol. The summed E-state index contributed by atoms with van der Waals surface area (Å²) in [4.78, 5) is 25.9. The van der Waals surface area contributed by atoms with Crippen molar-refractivity contribution < 1.29 is 14.3 Å². The zero-order valence-corrected chi connectivity index (χ0v) is 18.8. The molecule has 0 saturated carbocycles. The number of aromatic nitrogens is 2. The third kappa shape index (κ3) is 4.77. The number of rotatable bonds is 9. The lowest BCUT2D eigenvalue weighted by Gasteiger charge is -2.36. The van der Waals surface area contributed by atoms with Gasteiger partial charge in [-0.05, 0) is 36.6 Å². The highest BCUT2D eigenvalue weighted by atomic mass is 16.5. The van der Waals surface area contributed by atoms with Crippen LogP contribution in [0.4, 0.5) is 10.5 Å². The van der Waals surface area contributed by atoms with Crippen molar-refractivity contribution in [1.29, 1.82) is 0 Å². The fourth-order valence-corrected chi connectivity index (χ4v) is 4.03. The molecule has 7 heteroatoms. The number of methoxy groups -OCH3 is 1. The molecule has 0 atom stereocenters. The minimum absolute atomic E-state index is 0.0146. The Hall–Kier alpha value is -3.35. The predicted octanol–water partition coefficient (Wildman–Crippen LogP) is 5.04. The minimum atomic E-state index is -0.0146. The zero-order valence-electron chi connectivity index (χ0n) is 18.8. The number of carbonyl (C=O) groups excluding carboxylic acids is 1. The lowest BCUT2D eigenvalue weighted by molar-refractivity contribution is 0.192. The van der Waals surface area contributed by atoms with Gasteiger partial charge in [-0.15, -0.1) is 0 Å². The van der Waals surface area contributed by atoms with Crippen LogP contribution in [0.1, 0.15) is 38.2 Å². The van der Waals surface area contributed by atoms with Gasteiger partial charge in [0, 0.05) is 43.8 Å². The molecule has 3 aromatic rings. The molecule has 2 amide bonds. The lowest BCUT2D eigenvalue weighted by atomic mass is 10.1. The second-order valence-electron chi connectivity index (χ2n) is 7.94. The third-order valence-electron chi connectivity index (χ3n) is 5.72. The largest absolute Gasteiger partial charge is 0.493 e. The van der Waals surface area contributed by atoms with Crippen LogP contribution in [0.15, 0.2) is 48.8 Å². The number of fused-ring (bicyclic) bond motifs is 1. The van der Waals surface area contributed by atoms with Gasteiger partial charge < -0.3 is 14.4 Å². The molecular formula is C25H30N4O3. The molecule has 2 aromatic carbocycles. The second-order valence-corrected chi connectivity index (χ2v) is 7.94. The summed E-state index contributed by atoms with van der Waals surface area (Å²) in [5.74, 6) is 1.36. The quantitative estimate of drug-likeness (QED) is 0.442. The molecule has 4 rings (SSSR count). The summed E-state index contributed by atoms with van der Waals surface area (Å²) < 4.78 is 11.4. The predicted molar refractivity (Wildman–Crippen MR) is 125 cm³/mol. The molecule has 0 aliphatic carbocycles. The summed E-state index contributed by atoms with van der Waals surface area (Å²) in [6.45, 7) is 4.69. The first-order valence-electron chi connectivity index (χ1n) is 11.3. The molecule has 1 saturated heterocycles. The maximum absolute atomic E-state index is 13.4. The summed E-state index contributed by atoms with van der Waals surface area (Å²) in [7, 11) is 1.63. The van der Waals surface area contributed by atoms with E-state index in [1.165, 1.54) is 0 Å². The Labute approximate surface area is 189 Å². The maximum Gasteiger partial charge on any atom is 0.324 e. The Kier molecular flexibility index (Phi) is 7.04. The van der Waals surface area contributed by atoms with Crippen LogP contribution in [0.25, 0.3) is 11.0 Å². The number of ether oxygens (including phenoxy) is 2. The van der Waals surface area contributed by atoms with Crippen molar-refractivity contribution in [3.05, 3.63) is 54.4 Å². The Morgan fingerprint density at radius 3 is 2.75 bits per heavy atom. The molecule has 32 heavy (non-hydrogen) atoms. The number of urea groups is 1. The molecule has 0 N–H and O–H groups in total. The molecule has 1 aromatic heterocycles. The summed E-state index contributed by atoms with van der Waals surface area (Å²) in [6.07, 6.45) is 7.53. The van der Waals surface area contributed by atoms with Gasteiger partial charge in [-0.25, -0.2) is 4.79 Å². The number of benzene rings is 2.